The molecule has 23 heavy (non-hydrogen) atoms. The van der Waals surface area contributed by atoms with E-state index in [1.165, 1.54) is 23.1 Å². The van der Waals surface area contributed by atoms with E-state index in [9.17, 15) is 4.79 Å². The molecule has 6 nitrogen and oxygen atoms in total. The van der Waals surface area contributed by atoms with E-state index < -0.39 is 0 Å². The molecule has 0 bridgehead atoms. The quantitative estimate of drug-likeness (QED) is 0.409. The summed E-state index contributed by atoms with van der Waals surface area (Å²) in [6, 6.07) is 3.74. The lowest BCUT2D eigenvalue weighted by atomic mass is 10.3. The molecule has 0 saturated heterocycles. The minimum atomic E-state index is -0.0363. The van der Waals surface area contributed by atoms with E-state index in [4.69, 9.17) is 4.52 Å². The third-order valence-electron chi connectivity index (χ3n) is 3.23. The summed E-state index contributed by atoms with van der Waals surface area (Å²) >= 11 is 4.46. The first-order valence-corrected chi connectivity index (χ1v) is 9.45. The Labute approximate surface area is 142 Å². The van der Waals surface area contributed by atoms with Gasteiger partial charge in [0, 0.05) is 12.4 Å². The van der Waals surface area contributed by atoms with Crippen LogP contribution < -0.4 is 5.56 Å². The van der Waals surface area contributed by atoms with Crippen molar-refractivity contribution in [2.24, 2.45) is 7.05 Å². The van der Waals surface area contributed by atoms with Crippen LogP contribution in [0.2, 0.25) is 0 Å². The molecule has 4 heterocycles. The molecule has 4 aromatic rings. The van der Waals surface area contributed by atoms with Crippen molar-refractivity contribution in [3.63, 3.8) is 0 Å². The summed E-state index contributed by atoms with van der Waals surface area (Å²) in [5.41, 5.74) is 0.884. The van der Waals surface area contributed by atoms with Crippen molar-refractivity contribution in [2.75, 3.05) is 0 Å². The van der Waals surface area contributed by atoms with Crippen LogP contribution in [0.3, 0.4) is 0 Å². The lowest BCUT2D eigenvalue weighted by Crippen LogP contribution is -2.19. The zero-order valence-electron chi connectivity index (χ0n) is 11.9. The Bertz CT molecular complexity index is 1020. The average molecular weight is 362 g/mol. The number of thioether (sulfide) groups is 1. The van der Waals surface area contributed by atoms with Crippen LogP contribution in [0.4, 0.5) is 0 Å². The van der Waals surface area contributed by atoms with Crippen LogP contribution in [0.15, 0.2) is 42.7 Å². The normalized spacial score (nSPS) is 11.3. The van der Waals surface area contributed by atoms with Gasteiger partial charge in [-0.3, -0.25) is 9.36 Å². The first kappa shape index (κ1) is 14.6. The monoisotopic (exact) mass is 362 g/mol. The minimum Gasteiger partial charge on any atom is -0.334 e. The first-order valence-electron chi connectivity index (χ1n) is 6.64. The maximum Gasteiger partial charge on any atom is 0.262 e. The molecular weight excluding hydrogens is 352 g/mol. The van der Waals surface area contributed by atoms with Gasteiger partial charge in [0.1, 0.15) is 4.83 Å². The zero-order valence-corrected chi connectivity index (χ0v) is 14.4. The topological polar surface area (TPSA) is 73.8 Å². The minimum absolute atomic E-state index is 0.0363. The van der Waals surface area contributed by atoms with Crippen LogP contribution in [0, 0.1) is 0 Å². The van der Waals surface area contributed by atoms with Crippen molar-refractivity contribution >= 4 is 44.7 Å². The van der Waals surface area contributed by atoms with E-state index in [-0.39, 0.29) is 5.56 Å². The molecule has 0 aliphatic heterocycles. The Kier molecular flexibility index (Phi) is 3.76. The van der Waals surface area contributed by atoms with Crippen molar-refractivity contribution in [1.82, 2.24) is 19.7 Å². The summed E-state index contributed by atoms with van der Waals surface area (Å²) in [5, 5.41) is 11.1. The highest BCUT2D eigenvalue weighted by Crippen LogP contribution is 2.24. The van der Waals surface area contributed by atoms with Crippen molar-refractivity contribution < 1.29 is 4.52 Å². The fourth-order valence-corrected chi connectivity index (χ4v) is 4.30. The number of hydrogen-bond donors (Lipinski definition) is 0. The molecular formula is C14H10N4O2S3. The predicted octanol–water partition coefficient (Wildman–Crippen LogP) is 3.40. The molecule has 0 N–H and O–H groups in total. The van der Waals surface area contributed by atoms with Gasteiger partial charge >= 0.3 is 0 Å². The summed E-state index contributed by atoms with van der Waals surface area (Å²) in [4.78, 5) is 21.9. The molecule has 0 saturated carbocycles. The van der Waals surface area contributed by atoms with Gasteiger partial charge < -0.3 is 4.52 Å². The largest absolute Gasteiger partial charge is 0.334 e. The Balaban J connectivity index is 1.57. The highest BCUT2D eigenvalue weighted by molar-refractivity contribution is 7.98. The van der Waals surface area contributed by atoms with E-state index in [1.54, 1.807) is 29.0 Å². The Morgan fingerprint density at radius 2 is 2.22 bits per heavy atom. The molecule has 0 unspecified atom stereocenters. The molecule has 0 aromatic carbocycles. The summed E-state index contributed by atoms with van der Waals surface area (Å²) < 4.78 is 6.81. The second-order valence-electron chi connectivity index (χ2n) is 4.71. The van der Waals surface area contributed by atoms with E-state index >= 15 is 0 Å². The highest BCUT2D eigenvalue weighted by atomic mass is 32.2. The lowest BCUT2D eigenvalue weighted by molar-refractivity contribution is 0.425. The maximum absolute atomic E-state index is 12.2. The van der Waals surface area contributed by atoms with Crippen LogP contribution >= 0.6 is 34.4 Å². The number of fused-ring (bicyclic) bond motifs is 1. The summed E-state index contributed by atoms with van der Waals surface area (Å²) in [6.07, 6.45) is 0. The van der Waals surface area contributed by atoms with E-state index in [0.29, 0.717) is 28.0 Å². The van der Waals surface area contributed by atoms with E-state index in [2.05, 4.69) is 15.1 Å². The fraction of sp³-hybridized carbons (Fsp3) is 0.143. The molecule has 4 rings (SSSR count). The van der Waals surface area contributed by atoms with Crippen LogP contribution in [-0.4, -0.2) is 19.7 Å². The van der Waals surface area contributed by atoms with Crippen LogP contribution in [0.25, 0.3) is 21.7 Å². The average Bonchev–Trinajstić information content (AvgIpc) is 3.29. The fourth-order valence-electron chi connectivity index (χ4n) is 2.05. The maximum atomic E-state index is 12.2. The number of hydrogen-bond acceptors (Lipinski definition) is 8. The van der Waals surface area contributed by atoms with Gasteiger partial charge in [0.05, 0.1) is 16.7 Å². The molecule has 0 amide bonds. The molecule has 9 heteroatoms. The smallest absolute Gasteiger partial charge is 0.262 e. The molecule has 4 aromatic heterocycles. The molecule has 0 aliphatic rings. The van der Waals surface area contributed by atoms with Crippen molar-refractivity contribution in [3.8, 4) is 11.5 Å². The third-order valence-corrected chi connectivity index (χ3v) is 5.75. The van der Waals surface area contributed by atoms with Crippen molar-refractivity contribution in [1.29, 1.82) is 0 Å². The third kappa shape index (κ3) is 2.71. The van der Waals surface area contributed by atoms with E-state index in [1.807, 2.05) is 22.2 Å². The Morgan fingerprint density at radius 3 is 3.04 bits per heavy atom. The van der Waals surface area contributed by atoms with Gasteiger partial charge in [-0.1, -0.05) is 16.9 Å². The number of thiophene rings is 2. The second kappa shape index (κ2) is 5.91. The summed E-state index contributed by atoms with van der Waals surface area (Å²) in [5.74, 6) is 1.58. The summed E-state index contributed by atoms with van der Waals surface area (Å²) in [7, 11) is 1.72. The van der Waals surface area contributed by atoms with Crippen LogP contribution in [0.1, 0.15) is 5.82 Å². The van der Waals surface area contributed by atoms with Crippen LogP contribution in [0.5, 0.6) is 0 Å². The molecule has 0 spiro atoms. The number of rotatable bonds is 4. The predicted molar refractivity (Wildman–Crippen MR) is 92.0 cm³/mol. The van der Waals surface area contributed by atoms with Crippen molar-refractivity contribution in [3.05, 3.63) is 44.5 Å². The first-order chi connectivity index (χ1) is 11.2. The van der Waals surface area contributed by atoms with Gasteiger partial charge in [-0.15, -0.1) is 11.3 Å². The zero-order chi connectivity index (χ0) is 15.8. The molecule has 0 atom stereocenters. The van der Waals surface area contributed by atoms with Crippen molar-refractivity contribution in [2.45, 2.75) is 10.9 Å². The molecule has 0 radical (unpaired) electrons. The van der Waals surface area contributed by atoms with Gasteiger partial charge in [0.15, 0.2) is 11.0 Å². The molecule has 0 fully saturated rings. The van der Waals surface area contributed by atoms with Gasteiger partial charge in [0.2, 0.25) is 0 Å². The SMILES string of the molecule is Cn1c(SCc2noc(-c3ccsc3)n2)nc2sccc2c1=O. The molecule has 116 valence electrons. The lowest BCUT2D eigenvalue weighted by Gasteiger charge is -2.05. The number of nitrogens with zero attached hydrogens (tertiary/aromatic N) is 4. The standard InChI is InChI=1S/C14H10N4O2S3/c1-18-13(19)9-3-5-22-12(9)16-14(18)23-7-10-15-11(20-17-10)8-2-4-21-6-8/h2-6H,7H2,1H3. The van der Waals surface area contributed by atoms with Gasteiger partial charge in [0.25, 0.3) is 11.4 Å². The van der Waals surface area contributed by atoms with Crippen LogP contribution in [-0.2, 0) is 12.8 Å². The second-order valence-corrected chi connectivity index (χ2v) is 7.33. The van der Waals surface area contributed by atoms with E-state index in [0.717, 1.165) is 10.4 Å². The van der Waals surface area contributed by atoms with Gasteiger partial charge in [-0.2, -0.15) is 16.3 Å². The summed E-state index contributed by atoms with van der Waals surface area (Å²) in [6.45, 7) is 0. The Morgan fingerprint density at radius 1 is 1.30 bits per heavy atom. The Hall–Kier alpha value is -1.97. The molecule has 0 aliphatic carbocycles. The van der Waals surface area contributed by atoms with Gasteiger partial charge in [-0.25, -0.2) is 4.98 Å². The highest BCUT2D eigenvalue weighted by Gasteiger charge is 2.13. The number of aromatic nitrogens is 4. The van der Waals surface area contributed by atoms with Gasteiger partial charge in [-0.05, 0) is 22.9 Å².